The summed E-state index contributed by atoms with van der Waals surface area (Å²) in [6.45, 7) is 6.61. The predicted octanol–water partition coefficient (Wildman–Crippen LogP) is 8.54. The molecule has 0 atom stereocenters. The molecule has 0 aliphatic heterocycles. The lowest BCUT2D eigenvalue weighted by Gasteiger charge is -2.21. The van der Waals surface area contributed by atoms with Crippen molar-refractivity contribution in [3.63, 3.8) is 0 Å². The van der Waals surface area contributed by atoms with Gasteiger partial charge in [-0.2, -0.15) is 8.78 Å². The molecule has 11 heteroatoms. The molecule has 0 aliphatic carbocycles. The second-order valence-electron chi connectivity index (χ2n) is 8.48. The van der Waals surface area contributed by atoms with E-state index in [1.54, 1.807) is 0 Å². The van der Waals surface area contributed by atoms with Crippen LogP contribution in [-0.4, -0.2) is 19.8 Å². The molecule has 3 rings (SSSR count). The predicted molar refractivity (Wildman–Crippen MR) is 130 cm³/mol. The van der Waals surface area contributed by atoms with Gasteiger partial charge in [0, 0.05) is 12.1 Å². The molecule has 0 N–H and O–H groups in total. The van der Waals surface area contributed by atoms with E-state index in [9.17, 15) is 30.7 Å². The summed E-state index contributed by atoms with van der Waals surface area (Å²) in [5.41, 5.74) is -1.75. The Labute approximate surface area is 221 Å². The van der Waals surface area contributed by atoms with E-state index in [-0.39, 0.29) is 34.8 Å². The quantitative estimate of drug-likeness (QED) is 0.155. The van der Waals surface area contributed by atoms with Crippen molar-refractivity contribution in [3.8, 4) is 34.1 Å². The summed E-state index contributed by atoms with van der Waals surface area (Å²) in [6, 6.07) is 4.47. The summed E-state index contributed by atoms with van der Waals surface area (Å²) >= 11 is 0. The maximum Gasteiger partial charge on any atom is 0.432 e. The van der Waals surface area contributed by atoms with Gasteiger partial charge in [-0.1, -0.05) is 20.8 Å². The zero-order chi connectivity index (χ0) is 28.7. The van der Waals surface area contributed by atoms with Crippen LogP contribution in [0.5, 0.6) is 23.0 Å². The Balaban J connectivity index is 2.05. The average molecular weight is 561 g/mol. The van der Waals surface area contributed by atoms with E-state index in [1.807, 2.05) is 20.8 Å². The van der Waals surface area contributed by atoms with Crippen LogP contribution >= 0.6 is 0 Å². The van der Waals surface area contributed by atoms with Crippen LogP contribution in [0.15, 0.2) is 36.4 Å². The van der Waals surface area contributed by atoms with E-state index >= 15 is 0 Å². The van der Waals surface area contributed by atoms with E-state index in [1.165, 1.54) is 12.1 Å². The Hall–Kier alpha value is -3.63. The van der Waals surface area contributed by atoms with Crippen molar-refractivity contribution in [3.05, 3.63) is 71.0 Å². The maximum absolute atomic E-state index is 15.0. The SMILES string of the molecule is CCCOc1cc(-c2cc(F)c(C(F)(F)Oc3cc(F)c(F)c(F)c3)c(F)c2)cc(OCCC)c1OCCC. The van der Waals surface area contributed by atoms with Gasteiger partial charge in [0.1, 0.15) is 22.9 Å². The van der Waals surface area contributed by atoms with Crippen LogP contribution in [0.3, 0.4) is 0 Å². The first-order chi connectivity index (χ1) is 18.5. The fraction of sp³-hybridized carbons (Fsp3) is 0.357. The Morgan fingerprint density at radius 1 is 0.590 bits per heavy atom. The molecule has 212 valence electrons. The van der Waals surface area contributed by atoms with Crippen LogP contribution in [0.2, 0.25) is 0 Å². The second kappa shape index (κ2) is 12.9. The smallest absolute Gasteiger partial charge is 0.432 e. The monoisotopic (exact) mass is 560 g/mol. The molecular weight excluding hydrogens is 533 g/mol. The fourth-order valence-electron chi connectivity index (χ4n) is 3.54. The number of halogens is 7. The van der Waals surface area contributed by atoms with Crippen molar-refractivity contribution in [2.24, 2.45) is 0 Å². The normalized spacial score (nSPS) is 11.4. The highest BCUT2D eigenvalue weighted by atomic mass is 19.3. The molecule has 0 amide bonds. The van der Waals surface area contributed by atoms with Gasteiger partial charge in [0.15, 0.2) is 29.0 Å². The minimum absolute atomic E-state index is 0.131. The summed E-state index contributed by atoms with van der Waals surface area (Å²) in [4.78, 5) is 0. The highest BCUT2D eigenvalue weighted by Crippen LogP contribution is 2.44. The van der Waals surface area contributed by atoms with Crippen LogP contribution in [0.4, 0.5) is 30.7 Å². The molecule has 4 nitrogen and oxygen atoms in total. The molecular formula is C28H27F7O4. The number of ether oxygens (including phenoxy) is 4. The van der Waals surface area contributed by atoms with Crippen LogP contribution in [0.25, 0.3) is 11.1 Å². The van der Waals surface area contributed by atoms with E-state index < -0.39 is 46.5 Å². The van der Waals surface area contributed by atoms with Crippen LogP contribution in [0, 0.1) is 29.1 Å². The zero-order valence-corrected chi connectivity index (χ0v) is 21.5. The van der Waals surface area contributed by atoms with Gasteiger partial charge in [-0.25, -0.2) is 22.0 Å². The Morgan fingerprint density at radius 3 is 1.49 bits per heavy atom. The molecule has 0 fully saturated rings. The summed E-state index contributed by atoms with van der Waals surface area (Å²) in [6.07, 6.45) is -2.71. The van der Waals surface area contributed by atoms with Crippen molar-refractivity contribution in [1.82, 2.24) is 0 Å². The Kier molecular flexibility index (Phi) is 9.93. The van der Waals surface area contributed by atoms with Crippen molar-refractivity contribution >= 4 is 0 Å². The second-order valence-corrected chi connectivity index (χ2v) is 8.48. The topological polar surface area (TPSA) is 36.9 Å². The molecule has 0 saturated heterocycles. The molecule has 3 aromatic rings. The van der Waals surface area contributed by atoms with Gasteiger partial charge < -0.3 is 18.9 Å². The Morgan fingerprint density at radius 2 is 1.03 bits per heavy atom. The summed E-state index contributed by atoms with van der Waals surface area (Å²) in [5, 5.41) is 0. The lowest BCUT2D eigenvalue weighted by molar-refractivity contribution is -0.189. The van der Waals surface area contributed by atoms with E-state index in [2.05, 4.69) is 4.74 Å². The first kappa shape index (κ1) is 29.9. The lowest BCUT2D eigenvalue weighted by atomic mass is 10.0. The van der Waals surface area contributed by atoms with Gasteiger partial charge in [-0.3, -0.25) is 0 Å². The number of hydrogen-bond donors (Lipinski definition) is 0. The zero-order valence-electron chi connectivity index (χ0n) is 21.5. The van der Waals surface area contributed by atoms with Crippen molar-refractivity contribution in [1.29, 1.82) is 0 Å². The molecule has 39 heavy (non-hydrogen) atoms. The third-order valence-corrected chi connectivity index (χ3v) is 5.26. The van der Waals surface area contributed by atoms with Gasteiger partial charge in [0.05, 0.1) is 19.8 Å². The minimum Gasteiger partial charge on any atom is -0.490 e. The molecule has 0 unspecified atom stereocenters. The molecule has 0 saturated carbocycles. The van der Waals surface area contributed by atoms with Gasteiger partial charge >= 0.3 is 6.11 Å². The third-order valence-electron chi connectivity index (χ3n) is 5.26. The first-order valence-electron chi connectivity index (χ1n) is 12.3. The third kappa shape index (κ3) is 7.07. The van der Waals surface area contributed by atoms with E-state index in [4.69, 9.17) is 14.2 Å². The average Bonchev–Trinajstić information content (AvgIpc) is 2.87. The summed E-state index contributed by atoms with van der Waals surface area (Å²) in [7, 11) is 0. The number of hydrogen-bond acceptors (Lipinski definition) is 4. The molecule has 0 spiro atoms. The van der Waals surface area contributed by atoms with Crippen LogP contribution in [-0.2, 0) is 6.11 Å². The maximum atomic E-state index is 15.0. The van der Waals surface area contributed by atoms with E-state index in [0.29, 0.717) is 57.0 Å². The van der Waals surface area contributed by atoms with Crippen molar-refractivity contribution < 1.29 is 49.7 Å². The number of benzene rings is 3. The van der Waals surface area contributed by atoms with Gasteiger partial charge in [-0.05, 0) is 54.7 Å². The highest BCUT2D eigenvalue weighted by Gasteiger charge is 2.41. The minimum atomic E-state index is -4.70. The highest BCUT2D eigenvalue weighted by molar-refractivity contribution is 5.71. The number of rotatable bonds is 13. The molecule has 0 aliphatic rings. The molecule has 3 aromatic carbocycles. The number of alkyl halides is 2. The summed E-state index contributed by atoms with van der Waals surface area (Å²) in [5.74, 6) is -9.32. The van der Waals surface area contributed by atoms with Gasteiger partial charge in [0.25, 0.3) is 0 Å². The molecule has 0 bridgehead atoms. The lowest BCUT2D eigenvalue weighted by Crippen LogP contribution is -2.25. The fourth-order valence-corrected chi connectivity index (χ4v) is 3.54. The first-order valence-corrected chi connectivity index (χ1v) is 12.3. The van der Waals surface area contributed by atoms with Crippen LogP contribution < -0.4 is 18.9 Å². The molecule has 0 heterocycles. The standard InChI is InChI=1S/C28H27F7O4/c1-4-7-36-23-12-17(13-24(37-8-5-2)27(23)38-9-6-3)16-10-19(29)25(20(30)11-16)28(34,35)39-18-14-21(31)26(33)22(32)15-18/h10-15H,4-9H2,1-3H3. The van der Waals surface area contributed by atoms with Gasteiger partial charge in [0.2, 0.25) is 5.75 Å². The summed E-state index contributed by atoms with van der Waals surface area (Å²) < 4.78 is 121. The largest absolute Gasteiger partial charge is 0.490 e. The van der Waals surface area contributed by atoms with Crippen molar-refractivity contribution in [2.45, 2.75) is 46.1 Å². The molecule has 0 aromatic heterocycles. The Bertz CT molecular complexity index is 1220. The van der Waals surface area contributed by atoms with E-state index in [0.717, 1.165) is 0 Å². The van der Waals surface area contributed by atoms with Crippen molar-refractivity contribution in [2.75, 3.05) is 19.8 Å². The molecule has 0 radical (unpaired) electrons. The van der Waals surface area contributed by atoms with Gasteiger partial charge in [-0.15, -0.1) is 0 Å². The van der Waals surface area contributed by atoms with Crippen LogP contribution in [0.1, 0.15) is 45.6 Å².